The number of thioether (sulfide) groups is 1. The van der Waals surface area contributed by atoms with E-state index in [0.29, 0.717) is 5.75 Å². The van der Waals surface area contributed by atoms with E-state index in [-0.39, 0.29) is 0 Å². The van der Waals surface area contributed by atoms with Crippen molar-refractivity contribution in [3.05, 3.63) is 35.9 Å². The summed E-state index contributed by atoms with van der Waals surface area (Å²) in [7, 11) is 0. The van der Waals surface area contributed by atoms with Gasteiger partial charge in [0.1, 0.15) is 5.75 Å². The smallest absolute Gasteiger partial charge is 0.115 e. The minimum absolute atomic E-state index is 0.342. The third-order valence-electron chi connectivity index (χ3n) is 2.20. The van der Waals surface area contributed by atoms with Crippen LogP contribution in [0.2, 0.25) is 0 Å². The standard InChI is InChI=1S/C11H12OS/c12-11-3-1-9(2-4-11)10-5-7-13-8-6-10/h1-5,12H,6-8H2. The zero-order valence-electron chi connectivity index (χ0n) is 7.36. The summed E-state index contributed by atoms with van der Waals surface area (Å²) in [4.78, 5) is 0. The van der Waals surface area contributed by atoms with Gasteiger partial charge in [0.2, 0.25) is 0 Å². The molecule has 0 aromatic heterocycles. The maximum absolute atomic E-state index is 9.13. The van der Waals surface area contributed by atoms with Crippen LogP contribution in [-0.4, -0.2) is 16.6 Å². The van der Waals surface area contributed by atoms with Gasteiger partial charge in [-0.3, -0.25) is 0 Å². The summed E-state index contributed by atoms with van der Waals surface area (Å²) in [5.74, 6) is 2.68. The highest BCUT2D eigenvalue weighted by atomic mass is 32.2. The highest BCUT2D eigenvalue weighted by Crippen LogP contribution is 2.26. The molecule has 0 fully saturated rings. The topological polar surface area (TPSA) is 20.2 Å². The van der Waals surface area contributed by atoms with Gasteiger partial charge < -0.3 is 5.11 Å². The summed E-state index contributed by atoms with van der Waals surface area (Å²) in [5, 5.41) is 9.13. The molecule has 1 aromatic carbocycles. The van der Waals surface area contributed by atoms with E-state index in [9.17, 15) is 0 Å². The number of rotatable bonds is 1. The second kappa shape index (κ2) is 3.88. The molecule has 2 rings (SSSR count). The lowest BCUT2D eigenvalue weighted by atomic mass is 10.0. The van der Waals surface area contributed by atoms with Crippen LogP contribution in [0.25, 0.3) is 5.57 Å². The molecule has 1 nitrogen and oxygen atoms in total. The highest BCUT2D eigenvalue weighted by Gasteiger charge is 2.05. The van der Waals surface area contributed by atoms with Gasteiger partial charge in [0.05, 0.1) is 0 Å². The molecule has 1 aliphatic rings. The number of allylic oxidation sites excluding steroid dienone is 1. The molecule has 0 saturated heterocycles. The summed E-state index contributed by atoms with van der Waals surface area (Å²) in [6.07, 6.45) is 3.43. The average Bonchev–Trinajstić information content (AvgIpc) is 2.20. The lowest BCUT2D eigenvalue weighted by Crippen LogP contribution is -1.94. The molecule has 1 aliphatic heterocycles. The van der Waals surface area contributed by atoms with Crippen LogP contribution in [-0.2, 0) is 0 Å². The van der Waals surface area contributed by atoms with Crippen LogP contribution < -0.4 is 0 Å². The second-order valence-electron chi connectivity index (χ2n) is 3.10. The monoisotopic (exact) mass is 192 g/mol. The Bertz CT molecular complexity index is 313. The normalized spacial score (nSPS) is 16.8. The fourth-order valence-electron chi connectivity index (χ4n) is 1.46. The Hall–Kier alpha value is -0.890. The predicted molar refractivity (Wildman–Crippen MR) is 58.0 cm³/mol. The van der Waals surface area contributed by atoms with Crippen LogP contribution >= 0.6 is 11.8 Å². The zero-order valence-corrected chi connectivity index (χ0v) is 8.18. The summed E-state index contributed by atoms with van der Waals surface area (Å²) in [6, 6.07) is 7.46. The fraction of sp³-hybridized carbons (Fsp3) is 0.273. The minimum Gasteiger partial charge on any atom is -0.508 e. The van der Waals surface area contributed by atoms with Crippen molar-refractivity contribution in [2.45, 2.75) is 6.42 Å². The zero-order chi connectivity index (χ0) is 9.10. The highest BCUT2D eigenvalue weighted by molar-refractivity contribution is 7.99. The molecule has 0 unspecified atom stereocenters. The van der Waals surface area contributed by atoms with Crippen molar-refractivity contribution in [2.24, 2.45) is 0 Å². The van der Waals surface area contributed by atoms with Gasteiger partial charge >= 0.3 is 0 Å². The van der Waals surface area contributed by atoms with Gasteiger partial charge in [-0.1, -0.05) is 18.2 Å². The molecule has 0 spiro atoms. The van der Waals surface area contributed by atoms with Crippen LogP contribution in [0.4, 0.5) is 0 Å². The Balaban J connectivity index is 2.24. The lowest BCUT2D eigenvalue weighted by molar-refractivity contribution is 0.475. The van der Waals surface area contributed by atoms with E-state index in [2.05, 4.69) is 6.08 Å². The van der Waals surface area contributed by atoms with Crippen molar-refractivity contribution in [1.29, 1.82) is 0 Å². The van der Waals surface area contributed by atoms with Crippen molar-refractivity contribution >= 4 is 17.3 Å². The number of aromatic hydroxyl groups is 1. The van der Waals surface area contributed by atoms with E-state index in [1.165, 1.54) is 16.9 Å². The Morgan fingerprint density at radius 2 is 1.92 bits per heavy atom. The Kier molecular flexibility index (Phi) is 2.60. The summed E-state index contributed by atoms with van der Waals surface area (Å²) < 4.78 is 0. The molecule has 1 N–H and O–H groups in total. The van der Waals surface area contributed by atoms with Crippen LogP contribution in [0.1, 0.15) is 12.0 Å². The van der Waals surface area contributed by atoms with Crippen molar-refractivity contribution < 1.29 is 5.11 Å². The maximum atomic E-state index is 9.13. The SMILES string of the molecule is Oc1ccc(C2=CCSCC2)cc1. The van der Waals surface area contributed by atoms with Gasteiger partial charge in [-0.05, 0) is 35.4 Å². The molecule has 68 valence electrons. The fourth-order valence-corrected chi connectivity index (χ4v) is 2.31. The number of phenols is 1. The Labute approximate surface area is 82.5 Å². The number of benzene rings is 1. The van der Waals surface area contributed by atoms with Crippen LogP contribution in [0.3, 0.4) is 0 Å². The predicted octanol–water partition coefficient (Wildman–Crippen LogP) is 2.91. The van der Waals surface area contributed by atoms with Crippen molar-refractivity contribution in [2.75, 3.05) is 11.5 Å². The quantitative estimate of drug-likeness (QED) is 0.738. The third kappa shape index (κ3) is 2.07. The summed E-state index contributed by atoms with van der Waals surface area (Å²) >= 11 is 1.97. The molecule has 2 heteroatoms. The average molecular weight is 192 g/mol. The van der Waals surface area contributed by atoms with E-state index in [1.54, 1.807) is 12.1 Å². The van der Waals surface area contributed by atoms with Crippen molar-refractivity contribution in [3.63, 3.8) is 0 Å². The van der Waals surface area contributed by atoms with E-state index in [0.717, 1.165) is 12.2 Å². The van der Waals surface area contributed by atoms with Gasteiger partial charge in [-0.15, -0.1) is 0 Å². The molecular weight excluding hydrogens is 180 g/mol. The molecule has 0 aliphatic carbocycles. The van der Waals surface area contributed by atoms with Gasteiger partial charge in [-0.2, -0.15) is 11.8 Å². The third-order valence-corrected chi connectivity index (χ3v) is 3.10. The van der Waals surface area contributed by atoms with Crippen molar-refractivity contribution in [3.8, 4) is 5.75 Å². The van der Waals surface area contributed by atoms with Gasteiger partial charge in [-0.25, -0.2) is 0 Å². The first-order valence-corrected chi connectivity index (χ1v) is 5.58. The molecule has 0 radical (unpaired) electrons. The molecule has 13 heavy (non-hydrogen) atoms. The molecule has 1 aromatic rings. The second-order valence-corrected chi connectivity index (χ2v) is 4.25. The van der Waals surface area contributed by atoms with Crippen molar-refractivity contribution in [1.82, 2.24) is 0 Å². The lowest BCUT2D eigenvalue weighted by Gasteiger charge is -2.12. The first kappa shape index (κ1) is 8.70. The Morgan fingerprint density at radius 3 is 2.54 bits per heavy atom. The molecule has 0 atom stereocenters. The van der Waals surface area contributed by atoms with E-state index in [1.807, 2.05) is 23.9 Å². The summed E-state index contributed by atoms with van der Waals surface area (Å²) in [5.41, 5.74) is 2.66. The van der Waals surface area contributed by atoms with E-state index >= 15 is 0 Å². The van der Waals surface area contributed by atoms with E-state index < -0.39 is 0 Å². The first-order chi connectivity index (χ1) is 6.36. The summed E-state index contributed by atoms with van der Waals surface area (Å²) in [6.45, 7) is 0. The molecule has 0 bridgehead atoms. The number of hydrogen-bond acceptors (Lipinski definition) is 2. The molecule has 1 heterocycles. The first-order valence-electron chi connectivity index (χ1n) is 4.42. The molecular formula is C11H12OS. The number of hydrogen-bond donors (Lipinski definition) is 1. The van der Waals surface area contributed by atoms with Crippen LogP contribution in [0.15, 0.2) is 30.3 Å². The largest absolute Gasteiger partial charge is 0.508 e. The molecule has 0 saturated carbocycles. The van der Waals surface area contributed by atoms with Gasteiger partial charge in [0.15, 0.2) is 0 Å². The van der Waals surface area contributed by atoms with Gasteiger partial charge in [0.25, 0.3) is 0 Å². The Morgan fingerprint density at radius 1 is 1.15 bits per heavy atom. The van der Waals surface area contributed by atoms with Crippen LogP contribution in [0.5, 0.6) is 5.75 Å². The van der Waals surface area contributed by atoms with E-state index in [4.69, 9.17) is 5.11 Å². The van der Waals surface area contributed by atoms with Crippen LogP contribution in [0, 0.1) is 0 Å². The maximum Gasteiger partial charge on any atom is 0.115 e. The van der Waals surface area contributed by atoms with Gasteiger partial charge in [0, 0.05) is 5.75 Å². The minimum atomic E-state index is 0.342. The number of phenolic OH excluding ortho intramolecular Hbond substituents is 1. The molecule has 0 amide bonds.